The fourth-order valence-corrected chi connectivity index (χ4v) is 4.27. The van der Waals surface area contributed by atoms with Crippen LogP contribution in [0.5, 0.6) is 0 Å². The summed E-state index contributed by atoms with van der Waals surface area (Å²) in [5.74, 6) is -0.369. The number of rotatable bonds is 5. The Hall–Kier alpha value is -2.25. The molecule has 0 saturated carbocycles. The molecule has 0 aliphatic heterocycles. The van der Waals surface area contributed by atoms with E-state index in [0.29, 0.717) is 12.0 Å². The highest BCUT2D eigenvalue weighted by Gasteiger charge is 2.22. The van der Waals surface area contributed by atoms with Gasteiger partial charge in [-0.05, 0) is 54.8 Å². The maximum atomic E-state index is 12.8. The van der Waals surface area contributed by atoms with Crippen LogP contribution in [0.25, 0.3) is 0 Å². The normalized spacial score (nSPS) is 12.1. The second-order valence-corrected chi connectivity index (χ2v) is 7.70. The Morgan fingerprint density at radius 3 is 2.72 bits per heavy atom. The zero-order valence-electron chi connectivity index (χ0n) is 14.3. The number of nitrogens with one attached hydrogen (secondary N) is 2. The zero-order valence-corrected chi connectivity index (χ0v) is 15.9. The number of nitrogens with zero attached hydrogens (tertiary/aromatic N) is 1. The van der Waals surface area contributed by atoms with Gasteiger partial charge in [0, 0.05) is 23.2 Å². The minimum Gasteiger partial charge on any atom is -0.342 e. The van der Waals surface area contributed by atoms with E-state index in [-0.39, 0.29) is 23.1 Å². The largest absolute Gasteiger partial charge is 0.342 e. The molecule has 0 spiro atoms. The molecule has 0 bridgehead atoms. The molecular weight excluding hydrogens is 354 g/mol. The number of H-pyrrole nitrogens is 1. The monoisotopic (exact) mass is 373 g/mol. The minimum atomic E-state index is -0.369. The number of aromatic nitrogens is 2. The van der Waals surface area contributed by atoms with Crippen molar-refractivity contribution < 1.29 is 4.79 Å². The lowest BCUT2D eigenvalue weighted by Crippen LogP contribution is -2.34. The average molecular weight is 374 g/mol. The molecule has 3 aromatic rings. The van der Waals surface area contributed by atoms with Crippen LogP contribution in [-0.4, -0.2) is 15.9 Å². The van der Waals surface area contributed by atoms with Crippen molar-refractivity contribution in [2.24, 2.45) is 0 Å². The van der Waals surface area contributed by atoms with E-state index in [9.17, 15) is 9.59 Å². The van der Waals surface area contributed by atoms with Crippen molar-refractivity contribution in [3.63, 3.8) is 0 Å². The Kier molecular flexibility index (Phi) is 5.15. The molecule has 3 aromatic heterocycles. The summed E-state index contributed by atoms with van der Waals surface area (Å²) < 4.78 is 0. The van der Waals surface area contributed by atoms with E-state index in [1.54, 1.807) is 31.3 Å². The number of thiazole rings is 1. The Bertz CT molecular complexity index is 942. The predicted octanol–water partition coefficient (Wildman–Crippen LogP) is 3.53. The first-order chi connectivity index (χ1) is 11.9. The van der Waals surface area contributed by atoms with Crippen molar-refractivity contribution in [1.29, 1.82) is 0 Å². The number of carbonyl (C=O) groups excluding carboxylic acids is 1. The summed E-state index contributed by atoms with van der Waals surface area (Å²) >= 11 is 3.14. The van der Waals surface area contributed by atoms with Crippen molar-refractivity contribution in [2.45, 2.75) is 33.2 Å². The van der Waals surface area contributed by atoms with E-state index in [2.05, 4.69) is 20.7 Å². The summed E-state index contributed by atoms with van der Waals surface area (Å²) in [6.07, 6.45) is 0.644. The Morgan fingerprint density at radius 1 is 1.32 bits per heavy atom. The molecule has 3 rings (SSSR count). The molecule has 1 amide bonds. The van der Waals surface area contributed by atoms with Gasteiger partial charge in [0.15, 0.2) is 0 Å². The second kappa shape index (κ2) is 7.33. The van der Waals surface area contributed by atoms with E-state index < -0.39 is 0 Å². The standard InChI is InChI=1S/C18H19N3O2S2/c1-10-6-11(2)19-16(22)15(10)17(23)21-14(7-13-4-5-24-9-13)18-20-12(3)8-25-18/h4-6,8-9,14H,7H2,1-3H3,(H,19,22)(H,21,23)/t14-/m1/s1. The van der Waals surface area contributed by atoms with Crippen LogP contribution in [0, 0.1) is 20.8 Å². The number of hydrogen-bond acceptors (Lipinski definition) is 5. The lowest BCUT2D eigenvalue weighted by molar-refractivity contribution is 0.0934. The van der Waals surface area contributed by atoms with Crippen LogP contribution in [0.1, 0.15) is 43.9 Å². The summed E-state index contributed by atoms with van der Waals surface area (Å²) in [5.41, 5.74) is 3.27. The highest BCUT2D eigenvalue weighted by Crippen LogP contribution is 2.23. The van der Waals surface area contributed by atoms with Crippen molar-refractivity contribution in [3.8, 4) is 0 Å². The van der Waals surface area contributed by atoms with Crippen LogP contribution < -0.4 is 10.9 Å². The van der Waals surface area contributed by atoms with E-state index in [0.717, 1.165) is 22.0 Å². The summed E-state index contributed by atoms with van der Waals surface area (Å²) in [5, 5.41) is 9.88. The van der Waals surface area contributed by atoms with Crippen LogP contribution in [0.15, 0.2) is 33.1 Å². The third-order valence-electron chi connectivity index (χ3n) is 3.85. The summed E-state index contributed by atoms with van der Waals surface area (Å²) in [6, 6.07) is 3.58. The van der Waals surface area contributed by atoms with Crippen LogP contribution in [0.3, 0.4) is 0 Å². The molecule has 0 aliphatic carbocycles. The molecule has 0 aliphatic rings. The molecule has 5 nitrogen and oxygen atoms in total. The fourth-order valence-electron chi connectivity index (χ4n) is 2.74. The Labute approximate surface area is 153 Å². The molecule has 25 heavy (non-hydrogen) atoms. The molecule has 0 unspecified atom stereocenters. The minimum absolute atomic E-state index is 0.161. The van der Waals surface area contributed by atoms with Gasteiger partial charge in [0.25, 0.3) is 11.5 Å². The predicted molar refractivity (Wildman–Crippen MR) is 102 cm³/mol. The van der Waals surface area contributed by atoms with Gasteiger partial charge in [0.2, 0.25) is 0 Å². The number of amides is 1. The number of carbonyl (C=O) groups is 1. The second-order valence-electron chi connectivity index (χ2n) is 6.03. The van der Waals surface area contributed by atoms with Gasteiger partial charge < -0.3 is 10.3 Å². The van der Waals surface area contributed by atoms with Gasteiger partial charge in [-0.15, -0.1) is 11.3 Å². The SMILES string of the molecule is Cc1csc([C@@H](Cc2ccsc2)NC(=O)c2c(C)cc(C)[nH]c2=O)n1. The quantitative estimate of drug-likeness (QED) is 0.718. The molecule has 3 heterocycles. The molecule has 0 radical (unpaired) electrons. The van der Waals surface area contributed by atoms with Gasteiger partial charge in [-0.2, -0.15) is 11.3 Å². The van der Waals surface area contributed by atoms with Crippen LogP contribution in [-0.2, 0) is 6.42 Å². The Balaban J connectivity index is 1.90. The van der Waals surface area contributed by atoms with Gasteiger partial charge in [-0.1, -0.05) is 0 Å². The third kappa shape index (κ3) is 4.05. The van der Waals surface area contributed by atoms with Crippen LogP contribution >= 0.6 is 22.7 Å². The molecule has 1 atom stereocenters. The van der Waals surface area contributed by atoms with Gasteiger partial charge in [0.1, 0.15) is 10.6 Å². The van der Waals surface area contributed by atoms with Gasteiger partial charge in [-0.3, -0.25) is 9.59 Å². The topological polar surface area (TPSA) is 74.8 Å². The maximum Gasteiger partial charge on any atom is 0.261 e. The van der Waals surface area contributed by atoms with E-state index in [4.69, 9.17) is 0 Å². The smallest absolute Gasteiger partial charge is 0.261 e. The zero-order chi connectivity index (χ0) is 18.0. The summed E-state index contributed by atoms with van der Waals surface area (Å²) in [7, 11) is 0. The van der Waals surface area contributed by atoms with Crippen molar-refractivity contribution >= 4 is 28.6 Å². The van der Waals surface area contributed by atoms with Crippen molar-refractivity contribution in [2.75, 3.05) is 0 Å². The summed E-state index contributed by atoms with van der Waals surface area (Å²) in [6.45, 7) is 5.50. The first kappa shape index (κ1) is 17.6. The highest BCUT2D eigenvalue weighted by molar-refractivity contribution is 7.09. The van der Waals surface area contributed by atoms with Gasteiger partial charge in [0.05, 0.1) is 6.04 Å². The van der Waals surface area contributed by atoms with Gasteiger partial charge in [-0.25, -0.2) is 4.98 Å². The number of aromatic amines is 1. The molecule has 2 N–H and O–H groups in total. The molecule has 130 valence electrons. The number of hydrogen-bond donors (Lipinski definition) is 2. The van der Waals surface area contributed by atoms with E-state index >= 15 is 0 Å². The first-order valence-electron chi connectivity index (χ1n) is 7.88. The number of aryl methyl sites for hydroxylation is 3. The molecule has 7 heteroatoms. The highest BCUT2D eigenvalue weighted by atomic mass is 32.1. The number of pyridine rings is 1. The van der Waals surface area contributed by atoms with E-state index in [1.807, 2.05) is 23.8 Å². The number of thiophene rings is 1. The van der Waals surface area contributed by atoms with Crippen LogP contribution in [0.2, 0.25) is 0 Å². The van der Waals surface area contributed by atoms with Crippen molar-refractivity contribution in [1.82, 2.24) is 15.3 Å². The molecular formula is C18H19N3O2S2. The lowest BCUT2D eigenvalue weighted by Gasteiger charge is -2.17. The molecule has 0 fully saturated rings. The fraction of sp³-hybridized carbons (Fsp3) is 0.278. The average Bonchev–Trinajstić information content (AvgIpc) is 3.17. The molecule has 0 aromatic carbocycles. The first-order valence-corrected chi connectivity index (χ1v) is 9.71. The summed E-state index contributed by atoms with van der Waals surface area (Å²) in [4.78, 5) is 32.2. The molecule has 0 saturated heterocycles. The maximum absolute atomic E-state index is 12.8. The van der Waals surface area contributed by atoms with E-state index in [1.165, 1.54) is 11.3 Å². The lowest BCUT2D eigenvalue weighted by atomic mass is 10.1. The Morgan fingerprint density at radius 2 is 2.12 bits per heavy atom. The van der Waals surface area contributed by atoms with Gasteiger partial charge >= 0.3 is 0 Å². The van der Waals surface area contributed by atoms with Crippen LogP contribution in [0.4, 0.5) is 0 Å². The van der Waals surface area contributed by atoms with Crippen molar-refractivity contribution in [3.05, 3.63) is 71.7 Å². The third-order valence-corrected chi connectivity index (χ3v) is 5.66.